The smallest absolute Gasteiger partial charge is 0.244 e. The van der Waals surface area contributed by atoms with E-state index >= 15 is 0 Å². The van der Waals surface area contributed by atoms with E-state index in [2.05, 4.69) is 17.4 Å². The fraction of sp³-hybridized carbons (Fsp3) is 0.200. The first-order valence-corrected chi connectivity index (χ1v) is 9.25. The standard InChI is InChI=1S/C20H21N3OS/c1-2-12-21-19(24)11-10-17-15-23(14-16-7-4-3-5-8-16)22-20(17)18-9-6-13-25-18/h3-11,13,15H,2,12,14H2,1H3,(H,21,24)/b11-10+. The summed E-state index contributed by atoms with van der Waals surface area (Å²) in [5.74, 6) is -0.0743. The fourth-order valence-corrected chi connectivity index (χ4v) is 3.22. The molecule has 0 aliphatic carbocycles. The summed E-state index contributed by atoms with van der Waals surface area (Å²) in [4.78, 5) is 12.9. The zero-order valence-electron chi connectivity index (χ0n) is 14.2. The molecule has 0 saturated carbocycles. The van der Waals surface area contributed by atoms with Gasteiger partial charge in [0.05, 0.1) is 11.4 Å². The van der Waals surface area contributed by atoms with Crippen molar-refractivity contribution in [2.24, 2.45) is 0 Å². The molecular weight excluding hydrogens is 330 g/mol. The normalized spacial score (nSPS) is 11.1. The second-order valence-electron chi connectivity index (χ2n) is 5.72. The Hall–Kier alpha value is -2.66. The molecule has 0 bridgehead atoms. The van der Waals surface area contributed by atoms with Crippen LogP contribution in [0.3, 0.4) is 0 Å². The summed E-state index contributed by atoms with van der Waals surface area (Å²) in [6, 6.07) is 14.3. The Kier molecular flexibility index (Phi) is 5.80. The van der Waals surface area contributed by atoms with Crippen LogP contribution in [0.2, 0.25) is 0 Å². The monoisotopic (exact) mass is 351 g/mol. The van der Waals surface area contributed by atoms with E-state index in [9.17, 15) is 4.79 Å². The highest BCUT2D eigenvalue weighted by Gasteiger charge is 2.11. The van der Waals surface area contributed by atoms with Gasteiger partial charge in [0.1, 0.15) is 5.69 Å². The van der Waals surface area contributed by atoms with Crippen LogP contribution in [-0.4, -0.2) is 22.2 Å². The van der Waals surface area contributed by atoms with Gasteiger partial charge in [-0.25, -0.2) is 0 Å². The van der Waals surface area contributed by atoms with Gasteiger partial charge in [0.15, 0.2) is 0 Å². The summed E-state index contributed by atoms with van der Waals surface area (Å²) in [5.41, 5.74) is 3.05. The molecule has 0 unspecified atom stereocenters. The molecule has 0 aliphatic heterocycles. The molecule has 0 aliphatic rings. The molecule has 2 heterocycles. The Morgan fingerprint density at radius 3 is 2.80 bits per heavy atom. The Bertz CT molecular complexity index is 835. The molecule has 0 fully saturated rings. The first-order valence-electron chi connectivity index (χ1n) is 8.37. The van der Waals surface area contributed by atoms with Crippen LogP contribution in [0.1, 0.15) is 24.5 Å². The van der Waals surface area contributed by atoms with Crippen LogP contribution >= 0.6 is 11.3 Å². The minimum Gasteiger partial charge on any atom is -0.353 e. The highest BCUT2D eigenvalue weighted by molar-refractivity contribution is 7.13. The summed E-state index contributed by atoms with van der Waals surface area (Å²) >= 11 is 1.65. The molecule has 0 radical (unpaired) electrons. The summed E-state index contributed by atoms with van der Waals surface area (Å²) in [5, 5.41) is 9.62. The van der Waals surface area contributed by atoms with Gasteiger partial charge < -0.3 is 5.32 Å². The molecule has 5 heteroatoms. The average molecular weight is 351 g/mol. The minimum atomic E-state index is -0.0743. The van der Waals surface area contributed by atoms with Crippen LogP contribution in [0.5, 0.6) is 0 Å². The van der Waals surface area contributed by atoms with Crippen molar-refractivity contribution in [3.8, 4) is 10.6 Å². The topological polar surface area (TPSA) is 46.9 Å². The van der Waals surface area contributed by atoms with Crippen molar-refractivity contribution in [2.45, 2.75) is 19.9 Å². The molecule has 0 atom stereocenters. The van der Waals surface area contributed by atoms with Crippen molar-refractivity contribution in [3.05, 3.63) is 71.2 Å². The molecule has 1 aromatic carbocycles. The fourth-order valence-electron chi connectivity index (χ4n) is 2.49. The molecule has 3 rings (SSSR count). The molecule has 0 spiro atoms. The van der Waals surface area contributed by atoms with E-state index in [-0.39, 0.29) is 5.91 Å². The lowest BCUT2D eigenvalue weighted by atomic mass is 10.2. The quantitative estimate of drug-likeness (QED) is 0.649. The molecule has 128 valence electrons. The predicted octanol–water partition coefficient (Wildman–Crippen LogP) is 4.20. The molecule has 0 saturated heterocycles. The molecule has 4 nitrogen and oxygen atoms in total. The number of hydrogen-bond donors (Lipinski definition) is 1. The summed E-state index contributed by atoms with van der Waals surface area (Å²) in [6.45, 7) is 3.43. The summed E-state index contributed by atoms with van der Waals surface area (Å²) < 4.78 is 1.92. The van der Waals surface area contributed by atoms with E-state index in [0.29, 0.717) is 13.1 Å². The third-order valence-electron chi connectivity index (χ3n) is 3.70. The van der Waals surface area contributed by atoms with Crippen molar-refractivity contribution in [2.75, 3.05) is 6.54 Å². The van der Waals surface area contributed by atoms with Gasteiger partial charge in [0.25, 0.3) is 0 Å². The van der Waals surface area contributed by atoms with Crippen molar-refractivity contribution in [3.63, 3.8) is 0 Å². The molecule has 25 heavy (non-hydrogen) atoms. The zero-order valence-corrected chi connectivity index (χ0v) is 15.0. The van der Waals surface area contributed by atoms with Gasteiger partial charge in [0, 0.05) is 24.4 Å². The molecule has 1 amide bonds. The van der Waals surface area contributed by atoms with E-state index in [1.165, 1.54) is 5.56 Å². The first-order chi connectivity index (χ1) is 12.3. The van der Waals surface area contributed by atoms with Crippen molar-refractivity contribution in [1.29, 1.82) is 0 Å². The lowest BCUT2D eigenvalue weighted by Gasteiger charge is -2.00. The van der Waals surface area contributed by atoms with Gasteiger partial charge in [0.2, 0.25) is 5.91 Å². The summed E-state index contributed by atoms with van der Waals surface area (Å²) in [6.07, 6.45) is 6.34. The maximum atomic E-state index is 11.8. The van der Waals surface area contributed by atoms with E-state index in [1.54, 1.807) is 17.4 Å². The Labute approximate surface area is 151 Å². The number of carbonyl (C=O) groups is 1. The van der Waals surface area contributed by atoms with Gasteiger partial charge in [-0.05, 0) is 29.5 Å². The molecule has 2 aromatic heterocycles. The first kappa shape index (κ1) is 17.2. The number of amides is 1. The lowest BCUT2D eigenvalue weighted by molar-refractivity contribution is -0.116. The van der Waals surface area contributed by atoms with Gasteiger partial charge in [-0.1, -0.05) is 43.3 Å². The van der Waals surface area contributed by atoms with Crippen molar-refractivity contribution >= 4 is 23.3 Å². The van der Waals surface area contributed by atoms with Crippen molar-refractivity contribution < 1.29 is 4.79 Å². The van der Waals surface area contributed by atoms with Crippen LogP contribution in [0.4, 0.5) is 0 Å². The van der Waals surface area contributed by atoms with Gasteiger partial charge in [-0.3, -0.25) is 9.48 Å². The number of nitrogens with zero attached hydrogens (tertiary/aromatic N) is 2. The summed E-state index contributed by atoms with van der Waals surface area (Å²) in [7, 11) is 0. The third-order valence-corrected chi connectivity index (χ3v) is 4.57. The lowest BCUT2D eigenvalue weighted by Crippen LogP contribution is -2.21. The highest BCUT2D eigenvalue weighted by atomic mass is 32.1. The second kappa shape index (κ2) is 8.44. The second-order valence-corrected chi connectivity index (χ2v) is 6.67. The third kappa shape index (κ3) is 4.67. The largest absolute Gasteiger partial charge is 0.353 e. The number of carbonyl (C=O) groups excluding carboxylic acids is 1. The maximum Gasteiger partial charge on any atom is 0.244 e. The predicted molar refractivity (Wildman–Crippen MR) is 103 cm³/mol. The number of aromatic nitrogens is 2. The Balaban J connectivity index is 1.85. The maximum absolute atomic E-state index is 11.8. The van der Waals surface area contributed by atoms with Crippen LogP contribution < -0.4 is 5.32 Å². The number of hydrogen-bond acceptors (Lipinski definition) is 3. The Morgan fingerprint density at radius 2 is 2.08 bits per heavy atom. The van der Waals surface area contributed by atoms with E-state index in [0.717, 1.165) is 22.6 Å². The van der Waals surface area contributed by atoms with Gasteiger partial charge in [-0.15, -0.1) is 11.3 Å². The average Bonchev–Trinajstić information content (AvgIpc) is 3.28. The van der Waals surface area contributed by atoms with Crippen LogP contribution in [-0.2, 0) is 11.3 Å². The SMILES string of the molecule is CCCNC(=O)/C=C/c1cn(Cc2ccccc2)nc1-c1cccs1. The van der Waals surface area contributed by atoms with Crippen molar-refractivity contribution in [1.82, 2.24) is 15.1 Å². The molecular formula is C20H21N3OS. The van der Waals surface area contributed by atoms with E-state index in [4.69, 9.17) is 5.10 Å². The number of rotatable bonds is 7. The number of nitrogens with one attached hydrogen (secondary N) is 1. The number of thiophene rings is 1. The van der Waals surface area contributed by atoms with E-state index in [1.807, 2.05) is 59.6 Å². The van der Waals surface area contributed by atoms with Crippen LogP contribution in [0, 0.1) is 0 Å². The Morgan fingerprint density at radius 1 is 1.24 bits per heavy atom. The highest BCUT2D eigenvalue weighted by Crippen LogP contribution is 2.27. The molecule has 1 N–H and O–H groups in total. The zero-order chi connectivity index (χ0) is 17.5. The van der Waals surface area contributed by atoms with E-state index < -0.39 is 0 Å². The van der Waals surface area contributed by atoms with Gasteiger partial charge in [-0.2, -0.15) is 5.10 Å². The van der Waals surface area contributed by atoms with Crippen LogP contribution in [0.25, 0.3) is 16.6 Å². The number of benzene rings is 1. The van der Waals surface area contributed by atoms with Gasteiger partial charge >= 0.3 is 0 Å². The van der Waals surface area contributed by atoms with Crippen LogP contribution in [0.15, 0.2) is 60.1 Å². The molecule has 3 aromatic rings. The minimum absolute atomic E-state index is 0.0743.